The maximum atomic E-state index is 12.7. The van der Waals surface area contributed by atoms with E-state index in [1.54, 1.807) is 0 Å². The van der Waals surface area contributed by atoms with Gasteiger partial charge in [0.15, 0.2) is 0 Å². The Hall–Kier alpha value is -2.63. The van der Waals surface area contributed by atoms with E-state index in [-0.39, 0.29) is 5.91 Å². The predicted molar refractivity (Wildman–Crippen MR) is 98.4 cm³/mol. The van der Waals surface area contributed by atoms with Gasteiger partial charge in [-0.2, -0.15) is 0 Å². The van der Waals surface area contributed by atoms with Crippen molar-refractivity contribution in [1.29, 1.82) is 0 Å². The first kappa shape index (κ1) is 15.9. The van der Waals surface area contributed by atoms with Gasteiger partial charge in [0.1, 0.15) is 6.10 Å². The normalized spacial score (nSPS) is 18.3. The molecule has 2 N–H and O–H groups in total. The summed E-state index contributed by atoms with van der Waals surface area (Å²) in [6.07, 6.45) is 1.42. The van der Waals surface area contributed by atoms with Gasteiger partial charge in [0, 0.05) is 36.7 Å². The second-order valence-electron chi connectivity index (χ2n) is 6.31. The topological polar surface area (TPSA) is 57.4 Å². The Morgan fingerprint density at radius 2 is 2.04 bits per heavy atom. The van der Waals surface area contributed by atoms with Gasteiger partial charge in [-0.25, -0.2) is 0 Å². The molecule has 3 aromatic rings. The minimum atomic E-state index is -0.452. The molecule has 1 amide bonds. The monoisotopic (exact) mass is 335 g/mol. The molecule has 1 aliphatic rings. The van der Waals surface area contributed by atoms with Gasteiger partial charge in [-0.1, -0.05) is 36.4 Å². The molecule has 0 unspecified atom stereocenters. The summed E-state index contributed by atoms with van der Waals surface area (Å²) in [5, 5.41) is 4.02. The molecule has 1 saturated heterocycles. The van der Waals surface area contributed by atoms with E-state index in [2.05, 4.69) is 27.3 Å². The van der Waals surface area contributed by atoms with E-state index in [1.165, 1.54) is 5.56 Å². The number of H-pyrrole nitrogens is 1. The number of hydrogen-bond donors (Lipinski definition) is 2. The molecule has 0 bridgehead atoms. The summed E-state index contributed by atoms with van der Waals surface area (Å²) < 4.78 is 5.71. The number of carbonyl (C=O) groups is 1. The number of nitrogens with zero attached hydrogens (tertiary/aromatic N) is 1. The molecule has 0 radical (unpaired) electrons. The van der Waals surface area contributed by atoms with Crippen LogP contribution in [0, 0.1) is 0 Å². The smallest absolute Gasteiger partial charge is 0.254 e. The molecule has 0 aliphatic carbocycles. The van der Waals surface area contributed by atoms with Gasteiger partial charge < -0.3 is 15.0 Å². The van der Waals surface area contributed by atoms with Crippen LogP contribution < -0.4 is 5.32 Å². The lowest BCUT2D eigenvalue weighted by atomic mass is 10.1. The average molecular weight is 335 g/mol. The predicted octanol–water partition coefficient (Wildman–Crippen LogP) is 3.01. The third-order valence-electron chi connectivity index (χ3n) is 4.54. The number of morpholine rings is 1. The molecule has 128 valence electrons. The number of anilines is 1. The number of amides is 1. The molecular formula is C20H21N3O2. The van der Waals surface area contributed by atoms with Crippen molar-refractivity contribution < 1.29 is 9.53 Å². The van der Waals surface area contributed by atoms with Crippen LogP contribution in [0.5, 0.6) is 0 Å². The third-order valence-corrected chi connectivity index (χ3v) is 4.54. The second-order valence-corrected chi connectivity index (χ2v) is 6.31. The number of ether oxygens (including phenoxy) is 1. The molecule has 1 atom stereocenters. The standard InChI is InChI=1S/C20H21N3O2/c24-20(22-18-8-4-7-17-16(18)9-10-21-17)19-14-23(11-12-25-19)13-15-5-2-1-3-6-15/h1-10,19,21H,11-14H2,(H,22,24)/t19-/m0/s1. The van der Waals surface area contributed by atoms with Crippen LogP contribution in [0.1, 0.15) is 5.56 Å². The van der Waals surface area contributed by atoms with Crippen molar-refractivity contribution in [3.8, 4) is 0 Å². The maximum Gasteiger partial charge on any atom is 0.254 e. The van der Waals surface area contributed by atoms with Crippen LogP contribution in [0.4, 0.5) is 5.69 Å². The van der Waals surface area contributed by atoms with E-state index < -0.39 is 6.10 Å². The lowest BCUT2D eigenvalue weighted by Crippen LogP contribution is -2.47. The van der Waals surface area contributed by atoms with E-state index in [4.69, 9.17) is 4.74 Å². The van der Waals surface area contributed by atoms with Gasteiger partial charge in [-0.15, -0.1) is 0 Å². The first-order valence-electron chi connectivity index (χ1n) is 8.54. The Labute approximate surface area is 146 Å². The van der Waals surface area contributed by atoms with E-state index >= 15 is 0 Å². The second kappa shape index (κ2) is 7.09. The van der Waals surface area contributed by atoms with E-state index in [9.17, 15) is 4.79 Å². The quantitative estimate of drug-likeness (QED) is 0.770. The Morgan fingerprint density at radius 1 is 1.16 bits per heavy atom. The highest BCUT2D eigenvalue weighted by atomic mass is 16.5. The molecule has 2 heterocycles. The molecule has 5 nitrogen and oxygen atoms in total. The van der Waals surface area contributed by atoms with Crippen LogP contribution in [0.15, 0.2) is 60.8 Å². The molecule has 1 aromatic heterocycles. The van der Waals surface area contributed by atoms with Crippen LogP contribution in [0.25, 0.3) is 10.9 Å². The van der Waals surface area contributed by atoms with E-state index in [0.717, 1.165) is 29.7 Å². The van der Waals surface area contributed by atoms with Gasteiger partial charge in [-0.05, 0) is 23.8 Å². The Balaban J connectivity index is 1.42. The van der Waals surface area contributed by atoms with E-state index in [1.807, 2.05) is 48.7 Å². The van der Waals surface area contributed by atoms with Crippen molar-refractivity contribution in [2.75, 3.05) is 25.0 Å². The molecule has 4 rings (SSSR count). The fraction of sp³-hybridized carbons (Fsp3) is 0.250. The molecule has 0 spiro atoms. The van der Waals surface area contributed by atoms with Crippen molar-refractivity contribution in [1.82, 2.24) is 9.88 Å². The summed E-state index contributed by atoms with van der Waals surface area (Å²) in [7, 11) is 0. The van der Waals surface area contributed by atoms with Gasteiger partial charge in [0.2, 0.25) is 0 Å². The molecule has 1 aliphatic heterocycles. The molecule has 5 heteroatoms. The van der Waals surface area contributed by atoms with Gasteiger partial charge >= 0.3 is 0 Å². The lowest BCUT2D eigenvalue weighted by molar-refractivity contribution is -0.133. The fourth-order valence-electron chi connectivity index (χ4n) is 3.25. The first-order chi connectivity index (χ1) is 12.3. The minimum Gasteiger partial charge on any atom is -0.366 e. The zero-order valence-electron chi connectivity index (χ0n) is 13.9. The molecule has 2 aromatic carbocycles. The number of aromatic nitrogens is 1. The highest BCUT2D eigenvalue weighted by molar-refractivity contribution is 6.02. The number of nitrogens with one attached hydrogen (secondary N) is 2. The number of benzene rings is 2. The summed E-state index contributed by atoms with van der Waals surface area (Å²) in [6, 6.07) is 18.1. The zero-order chi connectivity index (χ0) is 17.1. The summed E-state index contributed by atoms with van der Waals surface area (Å²) >= 11 is 0. The van der Waals surface area contributed by atoms with Crippen molar-refractivity contribution in [2.45, 2.75) is 12.6 Å². The van der Waals surface area contributed by atoms with Crippen molar-refractivity contribution in [2.24, 2.45) is 0 Å². The highest BCUT2D eigenvalue weighted by Gasteiger charge is 2.27. The fourth-order valence-corrected chi connectivity index (χ4v) is 3.25. The molecular weight excluding hydrogens is 314 g/mol. The van der Waals surface area contributed by atoms with Crippen LogP contribution in [-0.4, -0.2) is 41.6 Å². The van der Waals surface area contributed by atoms with Crippen LogP contribution in [0.3, 0.4) is 0 Å². The SMILES string of the molecule is O=C(Nc1cccc2[nH]ccc12)[C@@H]1CN(Cc2ccccc2)CCO1. The van der Waals surface area contributed by atoms with Gasteiger partial charge in [-0.3, -0.25) is 9.69 Å². The Bertz CT molecular complexity index is 860. The number of aromatic amines is 1. The minimum absolute atomic E-state index is 0.0912. The number of rotatable bonds is 4. The Kier molecular flexibility index (Phi) is 4.50. The summed E-state index contributed by atoms with van der Waals surface area (Å²) in [6.45, 7) is 2.84. The zero-order valence-corrected chi connectivity index (χ0v) is 13.9. The number of carbonyl (C=O) groups excluding carboxylic acids is 1. The molecule has 25 heavy (non-hydrogen) atoms. The molecule has 0 saturated carbocycles. The summed E-state index contributed by atoms with van der Waals surface area (Å²) in [4.78, 5) is 18.1. The summed E-state index contributed by atoms with van der Waals surface area (Å²) in [5.41, 5.74) is 3.07. The summed E-state index contributed by atoms with van der Waals surface area (Å²) in [5.74, 6) is -0.0912. The highest BCUT2D eigenvalue weighted by Crippen LogP contribution is 2.23. The first-order valence-corrected chi connectivity index (χ1v) is 8.54. The van der Waals surface area contributed by atoms with Gasteiger partial charge in [0.25, 0.3) is 5.91 Å². The lowest BCUT2D eigenvalue weighted by Gasteiger charge is -2.32. The van der Waals surface area contributed by atoms with Gasteiger partial charge in [0.05, 0.1) is 12.3 Å². The van der Waals surface area contributed by atoms with Crippen LogP contribution >= 0.6 is 0 Å². The number of hydrogen-bond acceptors (Lipinski definition) is 3. The van der Waals surface area contributed by atoms with Crippen molar-refractivity contribution in [3.05, 3.63) is 66.4 Å². The van der Waals surface area contributed by atoms with Crippen LogP contribution in [-0.2, 0) is 16.1 Å². The number of fused-ring (bicyclic) bond motifs is 1. The Morgan fingerprint density at radius 3 is 2.92 bits per heavy atom. The third kappa shape index (κ3) is 3.57. The van der Waals surface area contributed by atoms with E-state index in [0.29, 0.717) is 13.2 Å². The maximum absolute atomic E-state index is 12.7. The largest absolute Gasteiger partial charge is 0.366 e. The average Bonchev–Trinajstić information content (AvgIpc) is 3.13. The van der Waals surface area contributed by atoms with Crippen molar-refractivity contribution in [3.63, 3.8) is 0 Å². The van der Waals surface area contributed by atoms with Crippen molar-refractivity contribution >= 4 is 22.5 Å². The molecule has 1 fully saturated rings. The van der Waals surface area contributed by atoms with Crippen LogP contribution in [0.2, 0.25) is 0 Å².